The molecule has 0 amide bonds. The van der Waals surface area contributed by atoms with Crippen molar-refractivity contribution in [3.8, 4) is 11.5 Å². The molecule has 14 heteroatoms. The fraction of sp³-hybridized carbons (Fsp3) is 0.455. The van der Waals surface area contributed by atoms with Gasteiger partial charge in [0, 0.05) is 58.9 Å². The van der Waals surface area contributed by atoms with Crippen LogP contribution in [0.4, 0.5) is 5.69 Å². The number of hydrogen-bond donors (Lipinski definition) is 0. The van der Waals surface area contributed by atoms with Crippen LogP contribution >= 0.6 is 0 Å². The molecule has 2 aliphatic heterocycles. The third kappa shape index (κ3) is 11.2. The van der Waals surface area contributed by atoms with Gasteiger partial charge in [-0.25, -0.2) is 8.42 Å². The SMILES string of the molecule is COCCCCOc1ccc([C@H]2[C@H](COS(=O)(=O)c3ccc(C)cc3)CN(S(=O)(=O)c3ccc(C)cc3)C[C@@H]2OCc2ccc3c(c2)N(CCCOC)CCO3)cc1. The highest BCUT2D eigenvalue weighted by Crippen LogP contribution is 2.40. The van der Waals surface area contributed by atoms with Crippen LogP contribution in [0.2, 0.25) is 0 Å². The van der Waals surface area contributed by atoms with Crippen LogP contribution in [-0.4, -0.2) is 101 Å². The molecule has 0 unspecified atom stereocenters. The van der Waals surface area contributed by atoms with Gasteiger partial charge >= 0.3 is 0 Å². The molecule has 6 rings (SSSR count). The Morgan fingerprint density at radius 2 is 1.40 bits per heavy atom. The molecule has 0 radical (unpaired) electrons. The van der Waals surface area contributed by atoms with E-state index in [2.05, 4.69) is 11.0 Å². The number of unbranched alkanes of at least 4 members (excludes halogenated alkanes) is 1. The maximum absolute atomic E-state index is 14.3. The van der Waals surface area contributed by atoms with E-state index in [1.54, 1.807) is 50.6 Å². The fourth-order valence-corrected chi connectivity index (χ4v) is 9.91. The molecule has 2 aliphatic rings. The number of ether oxygens (including phenoxy) is 5. The van der Waals surface area contributed by atoms with E-state index in [9.17, 15) is 16.8 Å². The van der Waals surface area contributed by atoms with Gasteiger partial charge in [0.15, 0.2) is 0 Å². The van der Waals surface area contributed by atoms with E-state index < -0.39 is 38.1 Å². The topological polar surface area (TPSA) is 130 Å². The normalized spacial score (nSPS) is 18.8. The van der Waals surface area contributed by atoms with E-state index in [0.717, 1.165) is 66.0 Å². The summed E-state index contributed by atoms with van der Waals surface area (Å²) in [6.45, 7) is 7.73. The van der Waals surface area contributed by atoms with Gasteiger partial charge < -0.3 is 28.6 Å². The van der Waals surface area contributed by atoms with Crippen LogP contribution in [0.3, 0.4) is 0 Å². The van der Waals surface area contributed by atoms with Crippen molar-refractivity contribution in [1.29, 1.82) is 0 Å². The number of benzene rings is 4. The highest BCUT2D eigenvalue weighted by molar-refractivity contribution is 7.89. The number of methoxy groups -OCH3 is 2. The lowest BCUT2D eigenvalue weighted by Gasteiger charge is -2.43. The molecule has 58 heavy (non-hydrogen) atoms. The number of aryl methyl sites for hydroxylation is 2. The highest BCUT2D eigenvalue weighted by Gasteiger charge is 2.44. The van der Waals surface area contributed by atoms with Crippen LogP contribution < -0.4 is 14.4 Å². The Hall–Kier alpha value is -4.02. The Bertz CT molecular complexity index is 2130. The minimum absolute atomic E-state index is 0.00846. The van der Waals surface area contributed by atoms with E-state index in [1.807, 2.05) is 50.2 Å². The average molecular weight is 837 g/mol. The number of hydrogen-bond acceptors (Lipinski definition) is 11. The third-order valence-electron chi connectivity index (χ3n) is 10.6. The van der Waals surface area contributed by atoms with Crippen LogP contribution in [0.1, 0.15) is 47.4 Å². The lowest BCUT2D eigenvalue weighted by Crippen LogP contribution is -2.52. The Kier molecular flexibility index (Phi) is 15.2. The number of fused-ring (bicyclic) bond motifs is 1. The number of piperidine rings is 1. The molecule has 12 nitrogen and oxygen atoms in total. The standard InChI is InChI=1S/C44H56N2O10S2/c1-33-8-17-39(18-9-33)57(47,48)46-29-37(32-56-58(49,50)40-19-10-34(2)11-20-40)44(36-13-15-38(16-14-36)53-26-6-5-24-51-3)43(30-46)55-31-35-12-21-42-41(28-35)45(23-27-54-42)22-7-25-52-4/h8-21,28,37,43-44H,5-7,22-27,29-32H2,1-4H3/t37-,43-,44-/m0/s1. The summed E-state index contributed by atoms with van der Waals surface area (Å²) in [5.41, 5.74) is 4.56. The van der Waals surface area contributed by atoms with Crippen LogP contribution in [0.15, 0.2) is 101 Å². The molecule has 1 saturated heterocycles. The zero-order valence-electron chi connectivity index (χ0n) is 33.9. The molecule has 0 spiro atoms. The summed E-state index contributed by atoms with van der Waals surface area (Å²) in [7, 11) is -4.81. The predicted molar refractivity (Wildman–Crippen MR) is 223 cm³/mol. The first-order chi connectivity index (χ1) is 28.0. The Morgan fingerprint density at radius 1 is 0.741 bits per heavy atom. The summed E-state index contributed by atoms with van der Waals surface area (Å²) in [6, 6.07) is 26.8. The van der Waals surface area contributed by atoms with Gasteiger partial charge in [0.05, 0.1) is 47.9 Å². The van der Waals surface area contributed by atoms with Crippen LogP contribution in [-0.2, 0) is 45.1 Å². The summed E-state index contributed by atoms with van der Waals surface area (Å²) in [5.74, 6) is 0.429. The van der Waals surface area contributed by atoms with E-state index in [4.69, 9.17) is 27.9 Å². The second-order valence-electron chi connectivity index (χ2n) is 14.9. The van der Waals surface area contributed by atoms with E-state index in [-0.39, 0.29) is 36.1 Å². The summed E-state index contributed by atoms with van der Waals surface area (Å²) < 4.78 is 92.2. The lowest BCUT2D eigenvalue weighted by molar-refractivity contribution is -0.0328. The van der Waals surface area contributed by atoms with E-state index in [0.29, 0.717) is 32.2 Å². The number of sulfonamides is 1. The van der Waals surface area contributed by atoms with Gasteiger partial charge in [-0.15, -0.1) is 0 Å². The van der Waals surface area contributed by atoms with Crippen LogP contribution in [0.25, 0.3) is 0 Å². The first-order valence-corrected chi connectivity index (χ1v) is 22.7. The smallest absolute Gasteiger partial charge is 0.296 e. The van der Waals surface area contributed by atoms with Crippen molar-refractivity contribution >= 4 is 25.8 Å². The average Bonchev–Trinajstić information content (AvgIpc) is 3.22. The molecule has 2 heterocycles. The third-order valence-corrected chi connectivity index (χ3v) is 13.8. The first kappa shape index (κ1) is 43.6. The van der Waals surface area contributed by atoms with Gasteiger partial charge in [0.2, 0.25) is 10.0 Å². The second-order valence-corrected chi connectivity index (χ2v) is 18.5. The Labute approximate surface area is 344 Å². The number of nitrogens with zero attached hydrogens (tertiary/aromatic N) is 2. The largest absolute Gasteiger partial charge is 0.494 e. The second kappa shape index (κ2) is 20.3. The zero-order valence-corrected chi connectivity index (χ0v) is 35.5. The highest BCUT2D eigenvalue weighted by atomic mass is 32.2. The summed E-state index contributed by atoms with van der Waals surface area (Å²) >= 11 is 0. The van der Waals surface area contributed by atoms with Crippen LogP contribution in [0, 0.1) is 19.8 Å². The van der Waals surface area contributed by atoms with Gasteiger partial charge in [-0.2, -0.15) is 12.7 Å². The number of anilines is 1. The first-order valence-electron chi connectivity index (χ1n) is 19.8. The number of rotatable bonds is 20. The molecule has 0 saturated carbocycles. The molecule has 3 atom stereocenters. The molecule has 0 aromatic heterocycles. The molecule has 1 fully saturated rings. The molecule has 4 aromatic carbocycles. The molecule has 0 bridgehead atoms. The van der Waals surface area contributed by atoms with Crippen molar-refractivity contribution in [3.05, 3.63) is 113 Å². The van der Waals surface area contributed by atoms with Crippen molar-refractivity contribution in [2.24, 2.45) is 5.92 Å². The van der Waals surface area contributed by atoms with Gasteiger partial charge in [-0.3, -0.25) is 4.18 Å². The summed E-state index contributed by atoms with van der Waals surface area (Å²) in [6.07, 6.45) is 1.91. The molecule has 0 aliphatic carbocycles. The molecule has 314 valence electrons. The fourth-order valence-electron chi connectivity index (χ4n) is 7.44. The van der Waals surface area contributed by atoms with Gasteiger partial charge in [0.1, 0.15) is 18.1 Å². The van der Waals surface area contributed by atoms with Gasteiger partial charge in [-0.1, -0.05) is 53.6 Å². The molecule has 4 aromatic rings. The minimum atomic E-state index is -4.17. The predicted octanol–water partition coefficient (Wildman–Crippen LogP) is 6.74. The van der Waals surface area contributed by atoms with Crippen molar-refractivity contribution in [2.75, 3.05) is 78.3 Å². The molecule has 0 N–H and O–H groups in total. The lowest BCUT2D eigenvalue weighted by atomic mass is 9.79. The van der Waals surface area contributed by atoms with Crippen molar-refractivity contribution in [2.45, 2.75) is 61.5 Å². The molecular formula is C44H56N2O10S2. The molecular weight excluding hydrogens is 781 g/mol. The maximum Gasteiger partial charge on any atom is 0.296 e. The summed E-state index contributed by atoms with van der Waals surface area (Å²) in [4.78, 5) is 2.46. The Morgan fingerprint density at radius 3 is 2.09 bits per heavy atom. The quantitative estimate of drug-likeness (QED) is 0.0694. The van der Waals surface area contributed by atoms with Crippen LogP contribution in [0.5, 0.6) is 11.5 Å². The van der Waals surface area contributed by atoms with Crippen molar-refractivity contribution in [1.82, 2.24) is 4.31 Å². The maximum atomic E-state index is 14.3. The van der Waals surface area contributed by atoms with Gasteiger partial charge in [0.25, 0.3) is 10.1 Å². The van der Waals surface area contributed by atoms with Gasteiger partial charge in [-0.05, 0) is 92.8 Å². The van der Waals surface area contributed by atoms with Crippen molar-refractivity contribution in [3.63, 3.8) is 0 Å². The Balaban J connectivity index is 1.33. The van der Waals surface area contributed by atoms with Crippen molar-refractivity contribution < 1.29 is 44.7 Å². The minimum Gasteiger partial charge on any atom is -0.494 e. The zero-order chi connectivity index (χ0) is 41.1. The summed E-state index contributed by atoms with van der Waals surface area (Å²) in [5, 5.41) is 0. The van der Waals surface area contributed by atoms with E-state index in [1.165, 1.54) is 16.4 Å². The monoisotopic (exact) mass is 836 g/mol. The van der Waals surface area contributed by atoms with E-state index >= 15 is 0 Å².